The summed E-state index contributed by atoms with van der Waals surface area (Å²) in [7, 11) is 0. The number of unbranched alkanes of at least 4 members (excludes halogenated alkanes) is 1. The molecule has 31 heavy (non-hydrogen) atoms. The lowest BCUT2D eigenvalue weighted by Gasteiger charge is -2.15. The number of nitrogens with one attached hydrogen (secondary N) is 1. The molecule has 0 spiro atoms. The minimum atomic E-state index is -1.04. The molecule has 0 bridgehead atoms. The number of esters is 1. The van der Waals surface area contributed by atoms with Gasteiger partial charge in [0.1, 0.15) is 0 Å². The lowest BCUT2D eigenvalue weighted by Crippen LogP contribution is -2.30. The zero-order chi connectivity index (χ0) is 22.7. The number of imide groups is 1. The Labute approximate surface area is 181 Å². The summed E-state index contributed by atoms with van der Waals surface area (Å²) in [5, 5.41) is 2.75. The van der Waals surface area contributed by atoms with Crippen molar-refractivity contribution < 1.29 is 23.9 Å². The molecular weight excluding hydrogens is 396 g/mol. The predicted molar refractivity (Wildman–Crippen MR) is 116 cm³/mol. The van der Waals surface area contributed by atoms with Gasteiger partial charge in [-0.2, -0.15) is 0 Å². The molecule has 1 N–H and O–H groups in total. The van der Waals surface area contributed by atoms with Gasteiger partial charge in [0.2, 0.25) is 0 Å². The van der Waals surface area contributed by atoms with E-state index in [1.54, 1.807) is 6.07 Å². The highest BCUT2D eigenvalue weighted by molar-refractivity contribution is 6.22. The van der Waals surface area contributed by atoms with E-state index < -0.39 is 23.9 Å². The van der Waals surface area contributed by atoms with Crippen LogP contribution in [0.25, 0.3) is 0 Å². The molecule has 0 fully saturated rings. The van der Waals surface area contributed by atoms with Crippen molar-refractivity contribution in [3.8, 4) is 0 Å². The molecule has 7 heteroatoms. The van der Waals surface area contributed by atoms with Crippen LogP contribution in [0.3, 0.4) is 0 Å². The number of carbonyl (C=O) groups excluding carboxylic acids is 4. The number of hydrogen-bond acceptors (Lipinski definition) is 5. The zero-order valence-corrected chi connectivity index (χ0v) is 18.2. The van der Waals surface area contributed by atoms with Gasteiger partial charge in [0.15, 0.2) is 6.10 Å². The Kier molecular flexibility index (Phi) is 6.53. The number of ether oxygens (including phenoxy) is 1. The van der Waals surface area contributed by atoms with Crippen LogP contribution in [-0.4, -0.2) is 41.2 Å². The molecule has 1 aliphatic heterocycles. The van der Waals surface area contributed by atoms with Gasteiger partial charge in [-0.25, -0.2) is 4.79 Å². The average Bonchev–Trinajstić information content (AvgIpc) is 2.97. The Morgan fingerprint density at radius 3 is 2.42 bits per heavy atom. The highest BCUT2D eigenvalue weighted by Gasteiger charge is 2.35. The third-order valence-electron chi connectivity index (χ3n) is 5.23. The summed E-state index contributed by atoms with van der Waals surface area (Å²) in [4.78, 5) is 51.2. The number of aryl methyl sites for hydroxylation is 2. The van der Waals surface area contributed by atoms with Crippen molar-refractivity contribution in [3.05, 3.63) is 64.2 Å². The number of hydrogen-bond donors (Lipinski definition) is 1. The van der Waals surface area contributed by atoms with Crippen LogP contribution < -0.4 is 5.32 Å². The molecule has 1 heterocycles. The van der Waals surface area contributed by atoms with Crippen molar-refractivity contribution in [2.45, 2.75) is 46.6 Å². The predicted octanol–water partition coefficient (Wildman–Crippen LogP) is 3.88. The third kappa shape index (κ3) is 4.66. The number of benzene rings is 2. The molecule has 0 aromatic heterocycles. The van der Waals surface area contributed by atoms with E-state index in [0.29, 0.717) is 18.7 Å². The Balaban J connectivity index is 1.69. The zero-order valence-electron chi connectivity index (χ0n) is 18.2. The molecule has 1 atom stereocenters. The fraction of sp³-hybridized carbons (Fsp3) is 0.333. The fourth-order valence-corrected chi connectivity index (χ4v) is 3.41. The van der Waals surface area contributed by atoms with Crippen molar-refractivity contribution in [3.63, 3.8) is 0 Å². The fourth-order valence-electron chi connectivity index (χ4n) is 3.41. The van der Waals surface area contributed by atoms with Crippen LogP contribution in [0.1, 0.15) is 68.9 Å². The van der Waals surface area contributed by atoms with Gasteiger partial charge in [0.25, 0.3) is 17.7 Å². The smallest absolute Gasteiger partial charge is 0.338 e. The van der Waals surface area contributed by atoms with Gasteiger partial charge in [0, 0.05) is 12.2 Å². The number of fused-ring (bicyclic) bond motifs is 1. The second-order valence-corrected chi connectivity index (χ2v) is 7.73. The van der Waals surface area contributed by atoms with Crippen molar-refractivity contribution in [1.29, 1.82) is 0 Å². The Morgan fingerprint density at radius 1 is 1.03 bits per heavy atom. The molecule has 162 valence electrons. The first kappa shape index (κ1) is 22.2. The molecule has 0 radical (unpaired) electrons. The molecule has 3 amide bonds. The molecule has 0 aliphatic carbocycles. The normalized spacial score (nSPS) is 13.7. The van der Waals surface area contributed by atoms with Gasteiger partial charge >= 0.3 is 5.97 Å². The van der Waals surface area contributed by atoms with Crippen molar-refractivity contribution in [1.82, 2.24) is 4.90 Å². The summed E-state index contributed by atoms with van der Waals surface area (Å²) >= 11 is 0. The van der Waals surface area contributed by atoms with Crippen molar-refractivity contribution in [2.75, 3.05) is 11.9 Å². The van der Waals surface area contributed by atoms with Gasteiger partial charge in [-0.15, -0.1) is 0 Å². The van der Waals surface area contributed by atoms with E-state index in [-0.39, 0.29) is 22.6 Å². The molecule has 0 saturated heterocycles. The van der Waals surface area contributed by atoms with Gasteiger partial charge in [-0.05, 0) is 57.0 Å². The van der Waals surface area contributed by atoms with Crippen LogP contribution >= 0.6 is 0 Å². The largest absolute Gasteiger partial charge is 0.449 e. The maximum atomic E-state index is 12.6. The summed E-state index contributed by atoms with van der Waals surface area (Å²) in [6.45, 7) is 7.64. The highest BCUT2D eigenvalue weighted by Crippen LogP contribution is 2.25. The monoisotopic (exact) mass is 422 g/mol. The summed E-state index contributed by atoms with van der Waals surface area (Å²) in [6, 6.07) is 9.87. The summed E-state index contributed by atoms with van der Waals surface area (Å²) in [5.74, 6) is -1.96. The van der Waals surface area contributed by atoms with Crippen LogP contribution in [0.4, 0.5) is 5.69 Å². The minimum Gasteiger partial charge on any atom is -0.449 e. The van der Waals surface area contributed by atoms with Crippen molar-refractivity contribution >= 4 is 29.4 Å². The molecular formula is C24H26N2O5. The van der Waals surface area contributed by atoms with Crippen LogP contribution in [0.2, 0.25) is 0 Å². The quantitative estimate of drug-likeness (QED) is 0.540. The van der Waals surface area contributed by atoms with Crippen LogP contribution in [-0.2, 0) is 9.53 Å². The number of nitrogens with zero attached hydrogens (tertiary/aromatic N) is 1. The molecule has 1 aliphatic rings. The van der Waals surface area contributed by atoms with Gasteiger partial charge in [0.05, 0.1) is 16.7 Å². The number of rotatable bonds is 7. The second-order valence-electron chi connectivity index (χ2n) is 7.73. The molecule has 2 aromatic carbocycles. The van der Waals surface area contributed by atoms with E-state index in [2.05, 4.69) is 5.32 Å². The Hall–Kier alpha value is -3.48. The van der Waals surface area contributed by atoms with E-state index in [1.807, 2.05) is 32.9 Å². The summed E-state index contributed by atoms with van der Waals surface area (Å²) in [5.41, 5.74) is 3.20. The lowest BCUT2D eigenvalue weighted by molar-refractivity contribution is -0.123. The van der Waals surface area contributed by atoms with E-state index in [4.69, 9.17) is 4.74 Å². The van der Waals surface area contributed by atoms with Crippen LogP contribution in [0, 0.1) is 13.8 Å². The van der Waals surface area contributed by atoms with Gasteiger partial charge < -0.3 is 10.1 Å². The summed E-state index contributed by atoms with van der Waals surface area (Å²) < 4.78 is 5.29. The van der Waals surface area contributed by atoms with Gasteiger partial charge in [-0.3, -0.25) is 19.3 Å². The Bertz CT molecular complexity index is 1060. The first-order valence-corrected chi connectivity index (χ1v) is 10.3. The van der Waals surface area contributed by atoms with Crippen molar-refractivity contribution in [2.24, 2.45) is 0 Å². The van der Waals surface area contributed by atoms with E-state index >= 15 is 0 Å². The maximum Gasteiger partial charge on any atom is 0.338 e. The number of amides is 3. The number of anilines is 1. The maximum absolute atomic E-state index is 12.6. The number of carbonyl (C=O) groups is 4. The van der Waals surface area contributed by atoms with Gasteiger partial charge in [-0.1, -0.05) is 31.0 Å². The van der Waals surface area contributed by atoms with E-state index in [1.165, 1.54) is 30.0 Å². The highest BCUT2D eigenvalue weighted by atomic mass is 16.5. The molecule has 2 aromatic rings. The van der Waals surface area contributed by atoms with Crippen LogP contribution in [0.15, 0.2) is 36.4 Å². The topological polar surface area (TPSA) is 92.8 Å². The second kappa shape index (κ2) is 9.12. The summed E-state index contributed by atoms with van der Waals surface area (Å²) in [6.07, 6.45) is 0.528. The SMILES string of the molecule is CCCCN1C(=O)c2ccc(C(=O)O[C@@H](C)C(=O)Nc3ccc(C)cc3C)cc2C1=O. The first-order valence-electron chi connectivity index (χ1n) is 10.3. The van der Waals surface area contributed by atoms with E-state index in [9.17, 15) is 19.2 Å². The molecule has 3 rings (SSSR count). The lowest BCUT2D eigenvalue weighted by atomic mass is 10.1. The molecule has 7 nitrogen and oxygen atoms in total. The Morgan fingerprint density at radius 2 is 1.74 bits per heavy atom. The standard InChI is InChI=1S/C24H26N2O5/c1-5-6-11-26-22(28)18-9-8-17(13-19(18)23(26)29)24(30)31-16(4)21(27)25-20-10-7-14(2)12-15(20)3/h7-10,12-13,16H,5-6,11H2,1-4H3,(H,25,27)/t16-/m0/s1. The third-order valence-corrected chi connectivity index (χ3v) is 5.23. The van der Waals surface area contributed by atoms with E-state index in [0.717, 1.165) is 17.5 Å². The average molecular weight is 422 g/mol. The molecule has 0 unspecified atom stereocenters. The molecule has 0 saturated carbocycles. The van der Waals surface area contributed by atoms with Crippen LogP contribution in [0.5, 0.6) is 0 Å². The minimum absolute atomic E-state index is 0.114. The first-order chi connectivity index (χ1) is 14.7.